The second-order valence-corrected chi connectivity index (χ2v) is 5.52. The highest BCUT2D eigenvalue weighted by Gasteiger charge is 2.34. The average molecular weight is 339 g/mol. The van der Waals surface area contributed by atoms with E-state index in [2.05, 4.69) is 16.3 Å². The molecule has 1 aromatic carbocycles. The van der Waals surface area contributed by atoms with Gasteiger partial charge in [0.1, 0.15) is 17.4 Å². The van der Waals surface area contributed by atoms with Gasteiger partial charge in [-0.25, -0.2) is 0 Å². The lowest BCUT2D eigenvalue weighted by Crippen LogP contribution is -2.21. The van der Waals surface area contributed by atoms with Crippen LogP contribution in [0.2, 0.25) is 0 Å². The van der Waals surface area contributed by atoms with Crippen LogP contribution in [0.3, 0.4) is 0 Å². The Bertz CT molecular complexity index is 877. The first kappa shape index (κ1) is 16.4. The Hall–Kier alpha value is -3.47. The number of fused-ring (bicyclic) bond motifs is 1. The van der Waals surface area contributed by atoms with Gasteiger partial charge in [-0.2, -0.15) is 5.26 Å². The van der Waals surface area contributed by atoms with Gasteiger partial charge in [0.15, 0.2) is 6.61 Å². The Morgan fingerprint density at radius 2 is 2.16 bits per heavy atom. The van der Waals surface area contributed by atoms with Crippen molar-refractivity contribution in [2.75, 3.05) is 6.61 Å². The monoisotopic (exact) mass is 339 g/mol. The molecular formula is C17H17N5O3. The van der Waals surface area contributed by atoms with Crippen LogP contribution in [-0.2, 0) is 11.2 Å². The van der Waals surface area contributed by atoms with Crippen molar-refractivity contribution in [3.63, 3.8) is 0 Å². The standard InChI is InChI=1S/C17H17N5O3/c1-2-12-15-14(11(7-18)16(20)25-17(15)22-21-12)9-3-5-10(6-4-9)24-8-13(19)23/h3-6,14H,2,8,20H2,1H3,(H2,19,23)(H,21,22). The van der Waals surface area contributed by atoms with E-state index in [0.717, 1.165) is 16.8 Å². The van der Waals surface area contributed by atoms with Gasteiger partial charge < -0.3 is 20.9 Å². The van der Waals surface area contributed by atoms with Crippen LogP contribution in [0.15, 0.2) is 35.7 Å². The van der Waals surface area contributed by atoms with Crippen LogP contribution in [0.25, 0.3) is 0 Å². The van der Waals surface area contributed by atoms with E-state index in [4.69, 9.17) is 20.9 Å². The SMILES string of the molecule is CCc1[nH]nc2c1C(c1ccc(OCC(N)=O)cc1)C(C#N)=C(N)O2. The van der Waals surface area contributed by atoms with Crippen LogP contribution in [0.1, 0.15) is 29.7 Å². The van der Waals surface area contributed by atoms with Gasteiger partial charge in [-0.15, -0.1) is 5.10 Å². The lowest BCUT2D eigenvalue weighted by molar-refractivity contribution is -0.119. The molecule has 1 aliphatic heterocycles. The molecule has 0 saturated heterocycles. The molecule has 1 amide bonds. The van der Waals surface area contributed by atoms with Gasteiger partial charge in [0.25, 0.3) is 5.91 Å². The summed E-state index contributed by atoms with van der Waals surface area (Å²) in [6, 6.07) is 9.18. The third-order valence-electron chi connectivity index (χ3n) is 3.97. The van der Waals surface area contributed by atoms with Gasteiger partial charge in [0, 0.05) is 11.3 Å². The number of carbonyl (C=O) groups is 1. The Morgan fingerprint density at radius 1 is 1.44 bits per heavy atom. The lowest BCUT2D eigenvalue weighted by Gasteiger charge is -2.24. The van der Waals surface area contributed by atoms with Gasteiger partial charge in [-0.1, -0.05) is 19.1 Å². The number of ether oxygens (including phenoxy) is 2. The Balaban J connectivity index is 2.01. The summed E-state index contributed by atoms with van der Waals surface area (Å²) in [5.74, 6) is 0.00283. The van der Waals surface area contributed by atoms with E-state index in [0.29, 0.717) is 23.6 Å². The third-order valence-corrected chi connectivity index (χ3v) is 3.97. The fourth-order valence-electron chi connectivity index (χ4n) is 2.82. The predicted molar refractivity (Wildman–Crippen MR) is 88.4 cm³/mol. The van der Waals surface area contributed by atoms with Crippen LogP contribution in [0.4, 0.5) is 0 Å². The molecule has 0 radical (unpaired) electrons. The molecule has 5 N–H and O–H groups in total. The van der Waals surface area contributed by atoms with Gasteiger partial charge >= 0.3 is 0 Å². The summed E-state index contributed by atoms with van der Waals surface area (Å²) in [6.07, 6.45) is 0.709. The van der Waals surface area contributed by atoms with Crippen LogP contribution in [0.5, 0.6) is 11.6 Å². The van der Waals surface area contributed by atoms with Crippen LogP contribution >= 0.6 is 0 Å². The van der Waals surface area contributed by atoms with E-state index in [1.54, 1.807) is 12.1 Å². The number of nitrogens with one attached hydrogen (secondary N) is 1. The van der Waals surface area contributed by atoms with Gasteiger partial charge in [-0.3, -0.25) is 9.89 Å². The van der Waals surface area contributed by atoms with E-state index in [-0.39, 0.29) is 18.4 Å². The van der Waals surface area contributed by atoms with E-state index in [9.17, 15) is 10.1 Å². The number of nitrogens with two attached hydrogens (primary N) is 2. The second-order valence-electron chi connectivity index (χ2n) is 5.52. The molecule has 0 fully saturated rings. The van der Waals surface area contributed by atoms with Crippen molar-refractivity contribution in [2.24, 2.45) is 11.5 Å². The molecule has 1 unspecified atom stereocenters. The zero-order chi connectivity index (χ0) is 18.0. The molecule has 0 aliphatic carbocycles. The number of H-pyrrole nitrogens is 1. The summed E-state index contributed by atoms with van der Waals surface area (Å²) in [6.45, 7) is 1.79. The largest absolute Gasteiger partial charge is 0.484 e. The number of amides is 1. The van der Waals surface area contributed by atoms with Crippen molar-refractivity contribution in [3.8, 4) is 17.7 Å². The Morgan fingerprint density at radius 3 is 2.76 bits per heavy atom. The van der Waals surface area contributed by atoms with E-state index in [1.165, 1.54) is 0 Å². The number of aromatic nitrogens is 2. The smallest absolute Gasteiger partial charge is 0.255 e. The molecule has 1 aromatic heterocycles. The molecular weight excluding hydrogens is 322 g/mol. The summed E-state index contributed by atoms with van der Waals surface area (Å²) >= 11 is 0. The highest BCUT2D eigenvalue weighted by Crippen LogP contribution is 2.43. The average Bonchev–Trinajstić information content (AvgIpc) is 3.01. The summed E-state index contributed by atoms with van der Waals surface area (Å²) in [4.78, 5) is 10.8. The molecule has 1 aliphatic rings. The predicted octanol–water partition coefficient (Wildman–Crippen LogP) is 1.05. The van der Waals surface area contributed by atoms with Crippen molar-refractivity contribution in [3.05, 3.63) is 52.5 Å². The molecule has 8 nitrogen and oxygen atoms in total. The molecule has 25 heavy (non-hydrogen) atoms. The molecule has 0 saturated carbocycles. The van der Waals surface area contributed by atoms with Crippen LogP contribution in [-0.4, -0.2) is 22.7 Å². The number of hydrogen-bond donors (Lipinski definition) is 3. The first-order valence-electron chi connectivity index (χ1n) is 7.70. The van der Waals surface area contributed by atoms with Crippen molar-refractivity contribution >= 4 is 5.91 Å². The van der Waals surface area contributed by atoms with Crippen LogP contribution in [0, 0.1) is 11.3 Å². The molecule has 2 aromatic rings. The fourth-order valence-corrected chi connectivity index (χ4v) is 2.82. The molecule has 2 heterocycles. The number of primary amides is 1. The summed E-state index contributed by atoms with van der Waals surface area (Å²) in [5.41, 5.74) is 13.8. The number of hydrogen-bond acceptors (Lipinski definition) is 6. The number of carbonyl (C=O) groups excluding carboxylic acids is 1. The molecule has 1 atom stereocenters. The quantitative estimate of drug-likeness (QED) is 0.744. The minimum atomic E-state index is -0.549. The molecule has 3 rings (SSSR count). The number of benzene rings is 1. The first-order chi connectivity index (χ1) is 12.0. The van der Waals surface area contributed by atoms with Gasteiger partial charge in [0.2, 0.25) is 11.8 Å². The molecule has 0 spiro atoms. The zero-order valence-electron chi connectivity index (χ0n) is 13.6. The minimum Gasteiger partial charge on any atom is -0.484 e. The fraction of sp³-hybridized carbons (Fsp3) is 0.235. The number of allylic oxidation sites excluding steroid dienone is 1. The van der Waals surface area contributed by atoms with Crippen molar-refractivity contribution in [1.29, 1.82) is 5.26 Å². The number of aryl methyl sites for hydroxylation is 1. The Labute approximate surface area is 144 Å². The Kier molecular flexibility index (Phi) is 4.31. The number of rotatable bonds is 5. The minimum absolute atomic E-state index is 0.0446. The number of nitrogens with zero attached hydrogens (tertiary/aromatic N) is 2. The highest BCUT2D eigenvalue weighted by molar-refractivity contribution is 5.75. The number of nitriles is 1. The van der Waals surface area contributed by atoms with E-state index >= 15 is 0 Å². The maximum absolute atomic E-state index is 10.8. The summed E-state index contributed by atoms with van der Waals surface area (Å²) in [5, 5.41) is 16.6. The second kappa shape index (κ2) is 6.57. The summed E-state index contributed by atoms with van der Waals surface area (Å²) < 4.78 is 10.7. The van der Waals surface area contributed by atoms with E-state index in [1.807, 2.05) is 19.1 Å². The molecule has 8 heteroatoms. The zero-order valence-corrected chi connectivity index (χ0v) is 13.6. The third kappa shape index (κ3) is 2.99. The topological polar surface area (TPSA) is 140 Å². The van der Waals surface area contributed by atoms with Crippen molar-refractivity contribution in [1.82, 2.24) is 10.2 Å². The molecule has 0 bridgehead atoms. The van der Waals surface area contributed by atoms with E-state index < -0.39 is 5.91 Å². The first-order valence-corrected chi connectivity index (χ1v) is 7.70. The van der Waals surface area contributed by atoms with Gasteiger partial charge in [-0.05, 0) is 24.1 Å². The summed E-state index contributed by atoms with van der Waals surface area (Å²) in [7, 11) is 0. The van der Waals surface area contributed by atoms with Crippen LogP contribution < -0.4 is 20.9 Å². The normalized spacial score (nSPS) is 15.9. The van der Waals surface area contributed by atoms with Gasteiger partial charge in [0.05, 0.1) is 5.92 Å². The maximum atomic E-state index is 10.8. The lowest BCUT2D eigenvalue weighted by atomic mass is 9.83. The maximum Gasteiger partial charge on any atom is 0.255 e. The number of aromatic amines is 1. The highest BCUT2D eigenvalue weighted by atomic mass is 16.5. The van der Waals surface area contributed by atoms with Crippen molar-refractivity contribution < 1.29 is 14.3 Å². The van der Waals surface area contributed by atoms with Crippen molar-refractivity contribution in [2.45, 2.75) is 19.3 Å². The molecule has 128 valence electrons.